The number of ether oxygens (including phenoxy) is 9. The maximum absolute atomic E-state index is 16.4. The molecule has 9 aliphatic rings. The van der Waals surface area contributed by atoms with Crippen LogP contribution in [-0.4, -0.2) is 276 Å². The zero-order valence-electron chi connectivity index (χ0n) is 68.5. The summed E-state index contributed by atoms with van der Waals surface area (Å²) in [6.07, 6.45) is -29.4. The van der Waals surface area contributed by atoms with E-state index in [0.29, 0.717) is 26.2 Å². The molecule has 0 aromatic heterocycles. The van der Waals surface area contributed by atoms with Crippen molar-refractivity contribution in [3.05, 3.63) is 153 Å². The molecule has 4 fully saturated rings. The SMILES string of the molecule is CN[C@H](CC(C)C)C(=O)NC1C(=O)NC(CC(N)=O)C(=O)N[C@H]2C(=O)N[C@H]3C(=O)N[C@H](C(=O)NC(C(=O)O)c4cc(O)cc(O)c4-c4cc3ccc4O)[C@H](O[C@H]3C[C@](C)(N)[C@@H](O)[C@H](C)O3)c3ccc(c(Cl)c3)Oc3cc2cc(c3O[C@@H]2O[C@H](CO)[C@@H](O[C@@H]3O[C@H](CNCC4CN(Cc5ccccc5)CCO4)[C@H](O)[C@H](O)[C@H]3O)[C@H](O)[C@H]2O)Oc2ccc(cc2Cl)[C@H]1O. The molecule has 0 aliphatic carbocycles. The third-order valence-corrected chi connectivity index (χ3v) is 23.5. The van der Waals surface area contributed by atoms with E-state index in [1.54, 1.807) is 0 Å². The second-order valence-electron chi connectivity index (χ2n) is 32.7. The van der Waals surface area contributed by atoms with Crippen LogP contribution >= 0.6 is 23.2 Å². The lowest BCUT2D eigenvalue weighted by Crippen LogP contribution is -2.65. The second kappa shape index (κ2) is 39.5. The molecule has 680 valence electrons. The van der Waals surface area contributed by atoms with E-state index in [-0.39, 0.29) is 54.6 Å². The number of amides is 7. The van der Waals surface area contributed by atoms with Gasteiger partial charge in [-0.15, -0.1) is 0 Å². The number of aliphatic carboxylic acids is 1. The molecule has 0 saturated carbocycles. The van der Waals surface area contributed by atoms with E-state index in [0.717, 1.165) is 72.3 Å². The monoisotopic (exact) mass is 1800 g/mol. The molecule has 4 saturated heterocycles. The zero-order chi connectivity index (χ0) is 90.8. The number of aliphatic hydroxyl groups excluding tert-OH is 8. The van der Waals surface area contributed by atoms with Gasteiger partial charge in [0.25, 0.3) is 0 Å². The number of carbonyl (C=O) groups is 8. The van der Waals surface area contributed by atoms with Gasteiger partial charge in [0.05, 0.1) is 54.0 Å². The number of hydrogen-bond donors (Lipinski definition) is 22. The molecule has 7 amide bonds. The van der Waals surface area contributed by atoms with Crippen LogP contribution in [0.4, 0.5) is 0 Å². The third kappa shape index (κ3) is 20.8. The highest BCUT2D eigenvalue weighted by atomic mass is 35.5. The maximum Gasteiger partial charge on any atom is 0.330 e. The molecule has 40 nitrogen and oxygen atoms in total. The molecule has 24 N–H and O–H groups in total. The number of carbonyl (C=O) groups excluding carboxylic acids is 7. The van der Waals surface area contributed by atoms with Crippen molar-refractivity contribution in [1.29, 1.82) is 0 Å². The van der Waals surface area contributed by atoms with Gasteiger partial charge in [0.15, 0.2) is 30.1 Å². The third-order valence-electron chi connectivity index (χ3n) is 22.9. The summed E-state index contributed by atoms with van der Waals surface area (Å²) < 4.78 is 57.4. The zero-order valence-corrected chi connectivity index (χ0v) is 70.0. The summed E-state index contributed by atoms with van der Waals surface area (Å²) in [5.41, 5.74) is 9.12. The molecule has 24 atom stereocenters. The summed E-state index contributed by atoms with van der Waals surface area (Å²) >= 11 is 14.5. The molecular weight excluding hydrogens is 1700 g/mol. The standard InChI is InChI=1S/C84H101Cl2N11O29/c1-34(2)19-47(89-5)75(110)95-63-65(103)38-12-15-51(45(85)21-38)120-53-23-40-24-54(72(53)125-83-70(108)68(106)73(56(33-98)123-83)126-82-69(107)67(105)66(104)55(122-82)30-90-29-42-32-97(17-18-118-42)31-36-9-7-6-8-10-36)121-52-16-13-39(22-46(52)86)71(124-58-28-84(4,88)74(109)35(3)119-58)64-80(115)94-62(81(116)117)44-25-41(99)26-50(101)59(44)43-20-37(11-14-49(43)100)60(77(112)96-64)93-78(113)61(40)92-76(111)48(27-57(87)102)91-79(63)114/h6-16,20-26,34-35,42,47-48,55-56,58,60-71,73-74,82-83,89-90,98-101,103-109H,17-19,27-33,88H2,1-5H3,(H2,87,102)(H,91,114)(H,92,111)(H,93,113)(H,94,115)(H,95,110)(H,96,112)(H,116,117)/t35-,42?,47+,48?,55+,56+,58-,60+,61+,62?,63?,64-,65+,66-,67-,68+,69+,70+,71+,73+,74-,82-,83-,84-/m0/s1. The molecule has 11 bridgehead atoms. The van der Waals surface area contributed by atoms with E-state index >= 15 is 24.0 Å². The van der Waals surface area contributed by atoms with E-state index in [9.17, 15) is 75.7 Å². The quantitative estimate of drug-likeness (QED) is 0.0429. The molecule has 15 rings (SSSR count). The van der Waals surface area contributed by atoms with Gasteiger partial charge in [0.1, 0.15) is 120 Å². The fourth-order valence-corrected chi connectivity index (χ4v) is 16.7. The number of fused-ring (bicyclic) bond motifs is 15. The summed E-state index contributed by atoms with van der Waals surface area (Å²) in [4.78, 5) is 123. The van der Waals surface area contributed by atoms with Crippen LogP contribution in [0.15, 0.2) is 109 Å². The number of rotatable bonds is 21. The Balaban J connectivity index is 0.956. The first-order chi connectivity index (χ1) is 59.9. The van der Waals surface area contributed by atoms with Crippen LogP contribution in [-0.2, 0) is 73.3 Å². The molecule has 126 heavy (non-hydrogen) atoms. The van der Waals surface area contributed by atoms with Crippen molar-refractivity contribution < 1.29 is 142 Å². The predicted molar refractivity (Wildman–Crippen MR) is 439 cm³/mol. The van der Waals surface area contributed by atoms with Crippen LogP contribution in [0.2, 0.25) is 10.0 Å². The van der Waals surface area contributed by atoms with Gasteiger partial charge < -0.3 is 158 Å². The Morgan fingerprint density at radius 1 is 0.675 bits per heavy atom. The number of carboxylic acid groups (broad SMARTS) is 1. The Morgan fingerprint density at radius 2 is 1.32 bits per heavy atom. The van der Waals surface area contributed by atoms with Crippen LogP contribution in [0.3, 0.4) is 0 Å². The van der Waals surface area contributed by atoms with E-state index in [1.165, 1.54) is 33.0 Å². The summed E-state index contributed by atoms with van der Waals surface area (Å²) in [7, 11) is 1.46. The Hall–Kier alpha value is -10.3. The number of likely N-dealkylation sites (N-methyl/N-ethyl adjacent to an activating group) is 1. The number of phenolic OH excluding ortho intramolecular Hbond substituents is 3. The number of nitrogens with two attached hydrogens (primary N) is 2. The fraction of sp³-hybridized carbons (Fsp3) is 0.476. The summed E-state index contributed by atoms with van der Waals surface area (Å²) in [5, 5.41) is 160. The van der Waals surface area contributed by atoms with Gasteiger partial charge in [0.2, 0.25) is 53.4 Å². The van der Waals surface area contributed by atoms with Gasteiger partial charge >= 0.3 is 5.97 Å². The minimum Gasteiger partial charge on any atom is -0.508 e. The molecule has 9 aliphatic heterocycles. The Bertz CT molecular complexity index is 5020. The molecule has 0 radical (unpaired) electrons. The number of morpholine rings is 1. The van der Waals surface area contributed by atoms with Crippen LogP contribution < -0.4 is 68.2 Å². The number of hydrogen-bond acceptors (Lipinski definition) is 32. The number of benzene rings is 6. The lowest BCUT2D eigenvalue weighted by atomic mass is 9.86. The first-order valence-corrected chi connectivity index (χ1v) is 41.3. The number of aliphatic hydroxyl groups is 8. The first-order valence-electron chi connectivity index (χ1n) is 40.6. The van der Waals surface area contributed by atoms with Gasteiger partial charge in [0, 0.05) is 67.4 Å². The Morgan fingerprint density at radius 3 is 1.97 bits per heavy atom. The molecule has 6 aromatic carbocycles. The first kappa shape index (κ1) is 93.4. The average molecular weight is 1800 g/mol. The van der Waals surface area contributed by atoms with Crippen LogP contribution in [0.25, 0.3) is 11.1 Å². The highest BCUT2D eigenvalue weighted by Gasteiger charge is 2.53. The number of nitrogens with zero attached hydrogens (tertiary/aromatic N) is 1. The molecule has 4 unspecified atom stereocenters. The van der Waals surface area contributed by atoms with Gasteiger partial charge in [-0.2, -0.15) is 0 Å². The average Bonchev–Trinajstić information content (AvgIpc) is 0.766. The predicted octanol–water partition coefficient (Wildman–Crippen LogP) is -0.571. The normalized spacial score (nSPS) is 31.1. The number of primary amides is 1. The summed E-state index contributed by atoms with van der Waals surface area (Å²) in [5.74, 6) is -16.6. The van der Waals surface area contributed by atoms with Crippen molar-refractivity contribution >= 4 is 70.5 Å². The molecule has 9 heterocycles. The highest BCUT2D eigenvalue weighted by molar-refractivity contribution is 6.32. The Kier molecular flexibility index (Phi) is 29.3. The lowest BCUT2D eigenvalue weighted by Gasteiger charge is -2.46. The van der Waals surface area contributed by atoms with Crippen molar-refractivity contribution in [3.63, 3.8) is 0 Å². The molecule has 6 aromatic rings. The number of halogens is 2. The highest BCUT2D eigenvalue weighted by Crippen LogP contribution is 2.50. The molecule has 0 spiro atoms. The van der Waals surface area contributed by atoms with Gasteiger partial charge in [-0.3, -0.25) is 38.5 Å². The molecule has 42 heteroatoms. The van der Waals surface area contributed by atoms with E-state index in [4.69, 9.17) is 77.3 Å². The van der Waals surface area contributed by atoms with E-state index in [2.05, 4.69) is 47.4 Å². The molecular formula is C84H101Cl2N11O29. The minimum atomic E-state index is -2.42. The largest absolute Gasteiger partial charge is 0.508 e. The minimum absolute atomic E-state index is 0.128. The van der Waals surface area contributed by atoms with Crippen molar-refractivity contribution in [3.8, 4) is 57.1 Å². The maximum atomic E-state index is 16.4. The van der Waals surface area contributed by atoms with Crippen molar-refractivity contribution in [2.24, 2.45) is 17.4 Å². The van der Waals surface area contributed by atoms with Crippen molar-refractivity contribution in [2.45, 2.75) is 200 Å². The summed E-state index contributed by atoms with van der Waals surface area (Å²) in [6.45, 7) is 7.79. The topological polar surface area (TPSA) is 614 Å². The second-order valence-corrected chi connectivity index (χ2v) is 33.5. The Labute approximate surface area is 729 Å². The van der Waals surface area contributed by atoms with Gasteiger partial charge in [-0.05, 0) is 116 Å². The number of aromatic hydroxyl groups is 3. The van der Waals surface area contributed by atoms with Crippen molar-refractivity contribution in [2.75, 3.05) is 46.4 Å². The number of carboxylic acids is 1. The number of nitrogens with one attached hydrogen (secondary N) is 8. The van der Waals surface area contributed by atoms with Gasteiger partial charge in [-0.1, -0.05) is 85.6 Å². The smallest absolute Gasteiger partial charge is 0.330 e. The fourth-order valence-electron chi connectivity index (χ4n) is 16.3. The van der Waals surface area contributed by atoms with Crippen LogP contribution in [0.5, 0.6) is 46.0 Å². The van der Waals surface area contributed by atoms with E-state index < -0.39 is 279 Å². The van der Waals surface area contributed by atoms with Gasteiger partial charge in [-0.25, -0.2) is 4.79 Å². The van der Waals surface area contributed by atoms with Crippen molar-refractivity contribution in [1.82, 2.24) is 47.4 Å². The summed E-state index contributed by atoms with van der Waals surface area (Å²) in [6, 6.07) is 8.87. The van der Waals surface area contributed by atoms with Crippen LogP contribution in [0, 0.1) is 5.92 Å². The van der Waals surface area contributed by atoms with Crippen LogP contribution in [0.1, 0.15) is 111 Å². The lowest BCUT2D eigenvalue weighted by molar-refractivity contribution is -0.350. The van der Waals surface area contributed by atoms with E-state index in [1.807, 2.05) is 44.2 Å². The number of phenols is 3.